The van der Waals surface area contributed by atoms with Gasteiger partial charge in [0.25, 0.3) is 0 Å². The van der Waals surface area contributed by atoms with Gasteiger partial charge in [-0.2, -0.15) is 0 Å². The van der Waals surface area contributed by atoms with Crippen LogP contribution in [-0.2, 0) is 4.79 Å². The van der Waals surface area contributed by atoms with Gasteiger partial charge >= 0.3 is 0 Å². The standard InChI is InChI=1S/C26H24F2N4O2S/c1-3-23(25(33)29-22-12-8-7-11-21(22)28)35-26-31-30-24(32(26)19-9-5-4-6-10-19)17(2)34-20-15-13-18(27)14-16-20/h4-17,23H,3H2,1-2H3,(H,29,33). The SMILES string of the molecule is CCC(Sc1nnc(C(C)Oc2ccc(F)cc2)n1-c1ccccc1)C(=O)Nc1ccccc1F. The molecule has 2 atom stereocenters. The summed E-state index contributed by atoms with van der Waals surface area (Å²) in [5.41, 5.74) is 0.928. The van der Waals surface area contributed by atoms with Crippen molar-refractivity contribution in [3.05, 3.63) is 96.3 Å². The van der Waals surface area contributed by atoms with Crippen molar-refractivity contribution in [3.63, 3.8) is 0 Å². The molecule has 180 valence electrons. The highest BCUT2D eigenvalue weighted by Gasteiger charge is 2.26. The number of amides is 1. The van der Waals surface area contributed by atoms with Crippen LogP contribution in [0, 0.1) is 11.6 Å². The number of nitrogens with one attached hydrogen (secondary N) is 1. The minimum atomic E-state index is -0.539. The molecule has 1 aromatic heterocycles. The number of nitrogens with zero attached hydrogens (tertiary/aromatic N) is 3. The Morgan fingerprint density at radius 1 is 1.00 bits per heavy atom. The highest BCUT2D eigenvalue weighted by atomic mass is 32.2. The molecule has 35 heavy (non-hydrogen) atoms. The van der Waals surface area contributed by atoms with Crippen LogP contribution in [-0.4, -0.2) is 25.9 Å². The summed E-state index contributed by atoms with van der Waals surface area (Å²) in [6.45, 7) is 3.70. The number of ether oxygens (including phenoxy) is 1. The molecular formula is C26H24F2N4O2S. The van der Waals surface area contributed by atoms with Crippen LogP contribution in [0.5, 0.6) is 5.75 Å². The summed E-state index contributed by atoms with van der Waals surface area (Å²) in [4.78, 5) is 12.9. The predicted octanol–water partition coefficient (Wildman–Crippen LogP) is 6.19. The molecule has 1 amide bonds. The first-order valence-electron chi connectivity index (χ1n) is 11.1. The van der Waals surface area contributed by atoms with Crippen molar-refractivity contribution in [2.45, 2.75) is 36.8 Å². The summed E-state index contributed by atoms with van der Waals surface area (Å²) in [5, 5.41) is 11.3. The number of carbonyl (C=O) groups excluding carboxylic acids is 1. The second kappa shape index (κ2) is 11.1. The molecule has 0 spiro atoms. The number of anilines is 1. The van der Waals surface area contributed by atoms with E-state index in [1.807, 2.05) is 48.7 Å². The van der Waals surface area contributed by atoms with E-state index in [4.69, 9.17) is 4.74 Å². The second-order valence-corrected chi connectivity index (χ2v) is 8.88. The van der Waals surface area contributed by atoms with Crippen molar-refractivity contribution < 1.29 is 18.3 Å². The van der Waals surface area contributed by atoms with Crippen molar-refractivity contribution >= 4 is 23.4 Å². The van der Waals surface area contributed by atoms with Gasteiger partial charge in [-0.05, 0) is 61.9 Å². The number of carbonyl (C=O) groups is 1. The predicted molar refractivity (Wildman–Crippen MR) is 132 cm³/mol. The molecule has 0 saturated carbocycles. The van der Waals surface area contributed by atoms with E-state index in [0.29, 0.717) is 23.2 Å². The van der Waals surface area contributed by atoms with Crippen molar-refractivity contribution in [2.24, 2.45) is 0 Å². The maximum absolute atomic E-state index is 14.0. The summed E-state index contributed by atoms with van der Waals surface area (Å²) in [7, 11) is 0. The maximum Gasteiger partial charge on any atom is 0.238 e. The summed E-state index contributed by atoms with van der Waals surface area (Å²) in [5.74, 6) is -0.168. The van der Waals surface area contributed by atoms with E-state index in [1.165, 1.54) is 36.0 Å². The van der Waals surface area contributed by atoms with Gasteiger partial charge in [0.2, 0.25) is 5.91 Å². The van der Waals surface area contributed by atoms with E-state index < -0.39 is 17.2 Å². The molecule has 0 radical (unpaired) electrons. The Labute approximate surface area is 206 Å². The van der Waals surface area contributed by atoms with Crippen molar-refractivity contribution in [1.29, 1.82) is 0 Å². The first-order valence-corrected chi connectivity index (χ1v) is 12.0. The fourth-order valence-electron chi connectivity index (χ4n) is 3.44. The topological polar surface area (TPSA) is 69.0 Å². The number of benzene rings is 3. The van der Waals surface area contributed by atoms with Crippen LogP contribution in [0.1, 0.15) is 32.2 Å². The Morgan fingerprint density at radius 3 is 2.37 bits per heavy atom. The highest BCUT2D eigenvalue weighted by Crippen LogP contribution is 2.31. The van der Waals surface area contributed by atoms with Gasteiger partial charge in [-0.3, -0.25) is 9.36 Å². The molecule has 6 nitrogen and oxygen atoms in total. The Balaban J connectivity index is 1.61. The van der Waals surface area contributed by atoms with Gasteiger partial charge in [0.1, 0.15) is 17.4 Å². The van der Waals surface area contributed by atoms with Crippen LogP contribution in [0.2, 0.25) is 0 Å². The molecule has 3 aromatic carbocycles. The number of halogens is 2. The Morgan fingerprint density at radius 2 is 1.69 bits per heavy atom. The van der Waals surface area contributed by atoms with Crippen molar-refractivity contribution in [3.8, 4) is 11.4 Å². The number of para-hydroxylation sites is 2. The Hall–Kier alpha value is -3.72. The second-order valence-electron chi connectivity index (χ2n) is 7.71. The molecule has 0 aliphatic rings. The Kier molecular flexibility index (Phi) is 7.77. The molecule has 0 aliphatic carbocycles. The monoisotopic (exact) mass is 494 g/mol. The zero-order chi connectivity index (χ0) is 24.8. The van der Waals surface area contributed by atoms with Gasteiger partial charge in [0, 0.05) is 5.69 Å². The minimum Gasteiger partial charge on any atom is -0.483 e. The number of rotatable bonds is 9. The fourth-order valence-corrected chi connectivity index (χ4v) is 4.42. The molecule has 9 heteroatoms. The first kappa shape index (κ1) is 24.4. The molecule has 4 aromatic rings. The number of hydrogen-bond donors (Lipinski definition) is 1. The third-order valence-electron chi connectivity index (χ3n) is 5.21. The molecule has 1 heterocycles. The summed E-state index contributed by atoms with van der Waals surface area (Å²) < 4.78 is 35.1. The third kappa shape index (κ3) is 5.86. The van der Waals surface area contributed by atoms with Crippen LogP contribution >= 0.6 is 11.8 Å². The lowest BCUT2D eigenvalue weighted by atomic mass is 10.2. The number of thioether (sulfide) groups is 1. The smallest absolute Gasteiger partial charge is 0.238 e. The normalized spacial score (nSPS) is 12.7. The van der Waals surface area contributed by atoms with Gasteiger partial charge in [-0.1, -0.05) is 49.0 Å². The maximum atomic E-state index is 14.0. The lowest BCUT2D eigenvalue weighted by Gasteiger charge is -2.18. The first-order chi connectivity index (χ1) is 17.0. The van der Waals surface area contributed by atoms with E-state index in [-0.39, 0.29) is 17.4 Å². The largest absolute Gasteiger partial charge is 0.483 e. The lowest BCUT2D eigenvalue weighted by Crippen LogP contribution is -2.25. The zero-order valence-corrected chi connectivity index (χ0v) is 20.0. The highest BCUT2D eigenvalue weighted by molar-refractivity contribution is 8.00. The van der Waals surface area contributed by atoms with Gasteiger partial charge in [0.05, 0.1) is 10.9 Å². The average Bonchev–Trinajstić information content (AvgIpc) is 3.29. The summed E-state index contributed by atoms with van der Waals surface area (Å²) >= 11 is 1.24. The van der Waals surface area contributed by atoms with Gasteiger partial charge < -0.3 is 10.1 Å². The van der Waals surface area contributed by atoms with Crippen LogP contribution < -0.4 is 10.1 Å². The zero-order valence-electron chi connectivity index (χ0n) is 19.2. The molecule has 0 bridgehead atoms. The van der Waals surface area contributed by atoms with Gasteiger partial charge in [-0.25, -0.2) is 8.78 Å². The third-order valence-corrected chi connectivity index (χ3v) is 6.51. The van der Waals surface area contributed by atoms with Crippen molar-refractivity contribution in [1.82, 2.24) is 14.8 Å². The van der Waals surface area contributed by atoms with Crippen LogP contribution in [0.4, 0.5) is 14.5 Å². The van der Waals surface area contributed by atoms with Gasteiger partial charge in [-0.15, -0.1) is 10.2 Å². The lowest BCUT2D eigenvalue weighted by molar-refractivity contribution is -0.115. The average molecular weight is 495 g/mol. The minimum absolute atomic E-state index is 0.128. The molecule has 0 aliphatic heterocycles. The summed E-state index contributed by atoms with van der Waals surface area (Å²) in [6, 6.07) is 21.3. The van der Waals surface area contributed by atoms with E-state index in [2.05, 4.69) is 15.5 Å². The molecule has 0 fully saturated rings. The van der Waals surface area contributed by atoms with E-state index in [9.17, 15) is 13.6 Å². The van der Waals surface area contributed by atoms with Crippen LogP contribution in [0.25, 0.3) is 5.69 Å². The fraction of sp³-hybridized carbons (Fsp3) is 0.192. The molecule has 0 saturated heterocycles. The van der Waals surface area contributed by atoms with Crippen molar-refractivity contribution in [2.75, 3.05) is 5.32 Å². The quantitative estimate of drug-likeness (QED) is 0.281. The van der Waals surface area contributed by atoms with Gasteiger partial charge in [0.15, 0.2) is 17.1 Å². The van der Waals surface area contributed by atoms with E-state index in [1.54, 1.807) is 24.3 Å². The van der Waals surface area contributed by atoms with E-state index in [0.717, 1.165) is 5.69 Å². The molecule has 2 unspecified atom stereocenters. The summed E-state index contributed by atoms with van der Waals surface area (Å²) in [6.07, 6.45) is -0.0290. The van der Waals surface area contributed by atoms with Crippen LogP contribution in [0.15, 0.2) is 84.0 Å². The Bertz CT molecular complexity index is 1280. The number of hydrogen-bond acceptors (Lipinski definition) is 5. The van der Waals surface area contributed by atoms with E-state index >= 15 is 0 Å². The van der Waals surface area contributed by atoms with Crippen LogP contribution in [0.3, 0.4) is 0 Å². The number of aromatic nitrogens is 3. The molecule has 1 N–H and O–H groups in total. The molecular weight excluding hydrogens is 470 g/mol. The molecule has 4 rings (SSSR count).